The monoisotopic (exact) mass is 208 g/mol. The van der Waals surface area contributed by atoms with E-state index in [0.29, 0.717) is 6.61 Å². The lowest BCUT2D eigenvalue weighted by Crippen LogP contribution is -2.02. The maximum Gasteiger partial charge on any atom is 0.150 e. The van der Waals surface area contributed by atoms with Crippen molar-refractivity contribution >= 4 is 6.08 Å². The molecule has 0 bridgehead atoms. The van der Waals surface area contributed by atoms with Crippen LogP contribution < -0.4 is 0 Å². The molecule has 15 heavy (non-hydrogen) atoms. The zero-order valence-corrected chi connectivity index (χ0v) is 8.94. The van der Waals surface area contributed by atoms with Gasteiger partial charge in [0.1, 0.15) is 13.6 Å². The molecule has 0 saturated heterocycles. The predicted octanol–water partition coefficient (Wildman–Crippen LogP) is 2.42. The van der Waals surface area contributed by atoms with Gasteiger partial charge in [0.15, 0.2) is 0 Å². The molecule has 1 aromatic rings. The highest BCUT2D eigenvalue weighted by atomic mass is 16.7. The summed E-state index contributed by atoms with van der Waals surface area (Å²) in [5.41, 5.74) is 2.22. The van der Waals surface area contributed by atoms with Crippen LogP contribution in [0.2, 0.25) is 0 Å². The van der Waals surface area contributed by atoms with E-state index >= 15 is 0 Å². The lowest BCUT2D eigenvalue weighted by Gasteiger charge is -2.05. The highest BCUT2D eigenvalue weighted by Crippen LogP contribution is 2.06. The first-order chi connectivity index (χ1) is 7.36. The van der Waals surface area contributed by atoms with E-state index < -0.39 is 0 Å². The largest absolute Gasteiger partial charge is 0.359 e. The zero-order chi connectivity index (χ0) is 10.9. The molecule has 0 heterocycles. The third-order valence-electron chi connectivity index (χ3n) is 1.85. The van der Waals surface area contributed by atoms with Gasteiger partial charge in [-0.2, -0.15) is 0 Å². The van der Waals surface area contributed by atoms with Gasteiger partial charge in [-0.15, -0.1) is 0 Å². The molecule has 0 saturated carbocycles. The molecule has 1 rings (SSSR count). The Labute approximate surface area is 90.3 Å². The van der Waals surface area contributed by atoms with Crippen LogP contribution in [-0.2, 0) is 20.8 Å². The lowest BCUT2D eigenvalue weighted by atomic mass is 10.1. The molecule has 0 N–H and O–H groups in total. The van der Waals surface area contributed by atoms with Crippen LogP contribution in [0.5, 0.6) is 0 Å². The summed E-state index contributed by atoms with van der Waals surface area (Å²) in [4.78, 5) is 0. The molecule has 3 heteroatoms. The summed E-state index contributed by atoms with van der Waals surface area (Å²) >= 11 is 0. The Morgan fingerprint density at radius 2 is 1.87 bits per heavy atom. The normalized spacial score (nSPS) is 10.2. The summed E-state index contributed by atoms with van der Waals surface area (Å²) in [7, 11) is 1.58. The van der Waals surface area contributed by atoms with Gasteiger partial charge in [-0.25, -0.2) is 0 Å². The fourth-order valence-corrected chi connectivity index (χ4v) is 1.09. The van der Waals surface area contributed by atoms with Gasteiger partial charge in [0.2, 0.25) is 0 Å². The molecule has 0 aromatic heterocycles. The van der Waals surface area contributed by atoms with Crippen LogP contribution >= 0.6 is 0 Å². The molecular weight excluding hydrogens is 192 g/mol. The molecular formula is C12H16O3. The van der Waals surface area contributed by atoms with E-state index in [9.17, 15) is 0 Å². The number of ether oxygens (including phenoxy) is 3. The van der Waals surface area contributed by atoms with Crippen molar-refractivity contribution in [3.63, 3.8) is 0 Å². The van der Waals surface area contributed by atoms with Crippen LogP contribution in [0.15, 0.2) is 30.8 Å². The van der Waals surface area contributed by atoms with Gasteiger partial charge in [-0.05, 0) is 11.1 Å². The Hall–Kier alpha value is -1.16. The number of methoxy groups -OCH3 is 1. The average molecular weight is 208 g/mol. The molecule has 0 atom stereocenters. The van der Waals surface area contributed by atoms with Crippen molar-refractivity contribution in [2.24, 2.45) is 0 Å². The lowest BCUT2D eigenvalue weighted by molar-refractivity contribution is -0.124. The molecule has 1 aromatic carbocycles. The molecule has 0 amide bonds. The minimum absolute atomic E-state index is 0.247. The van der Waals surface area contributed by atoms with Gasteiger partial charge in [-0.3, -0.25) is 0 Å². The Bertz CT molecular complexity index is 279. The van der Waals surface area contributed by atoms with Crippen molar-refractivity contribution in [2.45, 2.75) is 6.61 Å². The second kappa shape index (κ2) is 7.17. The third-order valence-corrected chi connectivity index (χ3v) is 1.85. The SMILES string of the molecule is C=Cc1ccc(COCOCOC)cc1. The molecule has 0 aliphatic heterocycles. The summed E-state index contributed by atoms with van der Waals surface area (Å²) in [5.74, 6) is 0. The first kappa shape index (κ1) is 11.9. The van der Waals surface area contributed by atoms with E-state index in [-0.39, 0.29) is 13.6 Å². The van der Waals surface area contributed by atoms with Crippen LogP contribution in [0.4, 0.5) is 0 Å². The minimum atomic E-state index is 0.247. The summed E-state index contributed by atoms with van der Waals surface area (Å²) in [6.07, 6.45) is 1.81. The van der Waals surface area contributed by atoms with Crippen molar-refractivity contribution in [1.29, 1.82) is 0 Å². The van der Waals surface area contributed by atoms with Gasteiger partial charge < -0.3 is 14.2 Å². The summed E-state index contributed by atoms with van der Waals surface area (Å²) in [6, 6.07) is 8.02. The summed E-state index contributed by atoms with van der Waals surface area (Å²) in [5, 5.41) is 0. The average Bonchev–Trinajstić information content (AvgIpc) is 2.30. The van der Waals surface area contributed by atoms with E-state index in [1.165, 1.54) is 0 Å². The Morgan fingerprint density at radius 1 is 1.13 bits per heavy atom. The first-order valence-corrected chi connectivity index (χ1v) is 4.72. The minimum Gasteiger partial charge on any atom is -0.359 e. The standard InChI is InChI=1S/C12H16O3/c1-3-11-4-6-12(7-5-11)8-14-10-15-9-13-2/h3-7H,1,8-10H2,2H3. The van der Waals surface area contributed by atoms with Crippen molar-refractivity contribution in [3.8, 4) is 0 Å². The van der Waals surface area contributed by atoms with Gasteiger partial charge in [-0.1, -0.05) is 36.9 Å². The molecule has 0 aliphatic carbocycles. The van der Waals surface area contributed by atoms with Gasteiger partial charge in [0.25, 0.3) is 0 Å². The Balaban J connectivity index is 2.22. The second-order valence-corrected chi connectivity index (χ2v) is 3.02. The van der Waals surface area contributed by atoms with Crippen LogP contribution in [0.1, 0.15) is 11.1 Å². The summed E-state index contributed by atoms with van der Waals surface area (Å²) in [6.45, 7) is 4.74. The molecule has 0 unspecified atom stereocenters. The zero-order valence-electron chi connectivity index (χ0n) is 8.94. The quantitative estimate of drug-likeness (QED) is 0.508. The number of hydrogen-bond donors (Lipinski definition) is 0. The van der Waals surface area contributed by atoms with Crippen molar-refractivity contribution in [2.75, 3.05) is 20.7 Å². The molecule has 3 nitrogen and oxygen atoms in total. The number of hydrogen-bond acceptors (Lipinski definition) is 3. The molecule has 0 spiro atoms. The molecule has 0 aliphatic rings. The molecule has 82 valence electrons. The number of benzene rings is 1. The Kier molecular flexibility index (Phi) is 5.70. The molecule has 0 fully saturated rings. The topological polar surface area (TPSA) is 27.7 Å². The molecule has 0 radical (unpaired) electrons. The maximum atomic E-state index is 5.27. The van der Waals surface area contributed by atoms with Crippen LogP contribution in [-0.4, -0.2) is 20.7 Å². The van der Waals surface area contributed by atoms with E-state index in [1.54, 1.807) is 7.11 Å². The highest BCUT2D eigenvalue weighted by Gasteiger charge is 1.93. The fraction of sp³-hybridized carbons (Fsp3) is 0.333. The van der Waals surface area contributed by atoms with Crippen LogP contribution in [0.25, 0.3) is 6.08 Å². The van der Waals surface area contributed by atoms with E-state index in [0.717, 1.165) is 11.1 Å². The van der Waals surface area contributed by atoms with Crippen molar-refractivity contribution in [1.82, 2.24) is 0 Å². The highest BCUT2D eigenvalue weighted by molar-refractivity contribution is 5.47. The smallest absolute Gasteiger partial charge is 0.150 e. The predicted molar refractivity (Wildman–Crippen MR) is 59.2 cm³/mol. The van der Waals surface area contributed by atoms with Gasteiger partial charge in [0, 0.05) is 7.11 Å². The fourth-order valence-electron chi connectivity index (χ4n) is 1.09. The second-order valence-electron chi connectivity index (χ2n) is 3.02. The number of rotatable bonds is 7. The van der Waals surface area contributed by atoms with E-state index in [4.69, 9.17) is 14.2 Å². The van der Waals surface area contributed by atoms with Crippen molar-refractivity contribution < 1.29 is 14.2 Å². The maximum absolute atomic E-state index is 5.27. The van der Waals surface area contributed by atoms with E-state index in [2.05, 4.69) is 6.58 Å². The van der Waals surface area contributed by atoms with E-state index in [1.807, 2.05) is 30.3 Å². The Morgan fingerprint density at radius 3 is 2.47 bits per heavy atom. The summed E-state index contributed by atoms with van der Waals surface area (Å²) < 4.78 is 15.0. The van der Waals surface area contributed by atoms with Gasteiger partial charge in [0.05, 0.1) is 6.61 Å². The first-order valence-electron chi connectivity index (χ1n) is 4.72. The third kappa shape index (κ3) is 4.74. The van der Waals surface area contributed by atoms with Crippen LogP contribution in [0, 0.1) is 0 Å². The van der Waals surface area contributed by atoms with Gasteiger partial charge >= 0.3 is 0 Å². The van der Waals surface area contributed by atoms with Crippen molar-refractivity contribution in [3.05, 3.63) is 42.0 Å². The van der Waals surface area contributed by atoms with Crippen LogP contribution in [0.3, 0.4) is 0 Å².